The van der Waals surface area contributed by atoms with Crippen LogP contribution in [0.4, 0.5) is 17.5 Å². The van der Waals surface area contributed by atoms with Crippen LogP contribution in [0.5, 0.6) is 5.75 Å². The highest BCUT2D eigenvalue weighted by Crippen LogP contribution is 2.60. The van der Waals surface area contributed by atoms with E-state index in [2.05, 4.69) is 30.7 Å². The summed E-state index contributed by atoms with van der Waals surface area (Å²) in [5.74, 6) is -0.642. The van der Waals surface area contributed by atoms with Crippen LogP contribution in [-0.2, 0) is 24.5 Å². The number of likely N-dealkylation sites (N-methyl/N-ethyl adjacent to an activating group) is 1. The van der Waals surface area contributed by atoms with Crippen molar-refractivity contribution in [1.29, 1.82) is 0 Å². The molecule has 18 heteroatoms. The molecule has 2 aromatic carbocycles. The third kappa shape index (κ3) is 7.90. The van der Waals surface area contributed by atoms with Crippen LogP contribution in [0.15, 0.2) is 53.5 Å². The number of ether oxygens (including phenoxy) is 2. The lowest BCUT2D eigenvalue weighted by Crippen LogP contribution is -2.54. The average molecular weight is 906 g/mol. The number of carbonyl (C=O) groups is 5. The molecular formula is C47H52ClN9O8. The Bertz CT molecular complexity index is 2700. The van der Waals surface area contributed by atoms with E-state index in [4.69, 9.17) is 26.1 Å². The zero-order chi connectivity index (χ0) is 45.3. The Labute approximate surface area is 380 Å². The van der Waals surface area contributed by atoms with Gasteiger partial charge in [-0.15, -0.1) is 0 Å². The lowest BCUT2D eigenvalue weighted by Gasteiger charge is -2.47. The molecular weight excluding hydrogens is 854 g/mol. The molecule has 5 amide bonds. The van der Waals surface area contributed by atoms with Crippen molar-refractivity contribution in [2.24, 2.45) is 5.92 Å². The number of piperidine rings is 3. The van der Waals surface area contributed by atoms with Gasteiger partial charge in [0.15, 0.2) is 18.2 Å². The van der Waals surface area contributed by atoms with Crippen molar-refractivity contribution in [2.75, 3.05) is 50.1 Å². The van der Waals surface area contributed by atoms with Crippen LogP contribution in [-0.4, -0.2) is 118 Å². The molecule has 3 saturated heterocycles. The van der Waals surface area contributed by atoms with E-state index in [0.29, 0.717) is 45.6 Å². The number of aromatic nitrogens is 3. The first-order valence-corrected chi connectivity index (χ1v) is 23.0. The summed E-state index contributed by atoms with van der Waals surface area (Å²) in [6.45, 7) is 7.03. The van der Waals surface area contributed by atoms with E-state index in [1.807, 2.05) is 44.2 Å². The van der Waals surface area contributed by atoms with Gasteiger partial charge < -0.3 is 29.6 Å². The lowest BCUT2D eigenvalue weighted by molar-refractivity contribution is -0.136. The molecule has 3 unspecified atom stereocenters. The summed E-state index contributed by atoms with van der Waals surface area (Å²) in [6.07, 6.45) is 8.00. The Balaban J connectivity index is 0.706. The van der Waals surface area contributed by atoms with Crippen LogP contribution in [0.2, 0.25) is 5.02 Å². The van der Waals surface area contributed by atoms with Gasteiger partial charge in [-0.05, 0) is 113 Å². The number of halogens is 1. The van der Waals surface area contributed by atoms with Gasteiger partial charge in [0.2, 0.25) is 17.8 Å². The van der Waals surface area contributed by atoms with Gasteiger partial charge in [0, 0.05) is 61.7 Å². The molecule has 2 aromatic heterocycles. The number of nitrogens with zero attached hydrogens (tertiary/aromatic N) is 6. The highest BCUT2D eigenvalue weighted by molar-refractivity contribution is 6.33. The van der Waals surface area contributed by atoms with Crippen LogP contribution >= 0.6 is 11.6 Å². The number of anilines is 3. The molecule has 6 heterocycles. The van der Waals surface area contributed by atoms with Crippen molar-refractivity contribution < 1.29 is 33.4 Å². The van der Waals surface area contributed by atoms with Crippen molar-refractivity contribution in [3.8, 4) is 5.75 Å². The largest absolute Gasteiger partial charge is 0.478 e. The first-order valence-electron chi connectivity index (χ1n) is 22.6. The lowest BCUT2D eigenvalue weighted by atomic mass is 9.82. The number of carbonyl (C=O) groups excluding carboxylic acids is 5. The van der Waals surface area contributed by atoms with E-state index in [-0.39, 0.29) is 66.2 Å². The van der Waals surface area contributed by atoms with Crippen molar-refractivity contribution in [2.45, 2.75) is 101 Å². The second-order valence-electron chi connectivity index (χ2n) is 18.6. The Kier molecular flexibility index (Phi) is 11.1. The van der Waals surface area contributed by atoms with E-state index in [1.165, 1.54) is 7.05 Å². The third-order valence-corrected chi connectivity index (χ3v) is 14.7. The first-order chi connectivity index (χ1) is 31.3. The molecule has 3 N–H and O–H groups in total. The topological polar surface area (TPSA) is 197 Å². The van der Waals surface area contributed by atoms with E-state index in [9.17, 15) is 28.8 Å². The minimum absolute atomic E-state index is 0.00274. The fraction of sp³-hybridized carbons (Fsp3) is 0.489. The number of nitrogens with one attached hydrogen (secondary N) is 3. The highest BCUT2D eigenvalue weighted by atomic mass is 35.5. The maximum absolute atomic E-state index is 13.5. The second-order valence-corrected chi connectivity index (χ2v) is 19.0. The molecule has 65 heavy (non-hydrogen) atoms. The normalized spacial score (nSPS) is 25.6. The Morgan fingerprint density at radius 3 is 2.49 bits per heavy atom. The highest BCUT2D eigenvalue weighted by Gasteiger charge is 2.59. The standard InChI is InChI=1S/C47H52ClN9O8/c1-25(2)56-36-7-5-29(16-26(36)17-38(45(56)63)64-24-40(59)49-3)51-41-35(48)22-50-46(53-41)54-13-10-31(11-14-54)65-32-19-30(20-32)55-15-12-47(21-28(47)23-55)27-4-6-33-34(18-27)44(62)57(43(33)61)37-8-9-39(58)52-42(37)60/h4-7,16-18,22,25,28,30-32,37H,8-15,19-21,23-24H2,1-3H3,(H,49,59)(H,50,51,53)(H,52,58,60)/t28?,30-,32-,37?,47?. The van der Waals surface area contributed by atoms with Gasteiger partial charge in [0.05, 0.1) is 35.0 Å². The molecule has 4 aliphatic heterocycles. The first kappa shape index (κ1) is 43.0. The van der Waals surface area contributed by atoms with E-state index in [0.717, 1.165) is 86.1 Å². The van der Waals surface area contributed by atoms with Gasteiger partial charge in [0.25, 0.3) is 23.3 Å². The number of hydrogen-bond donors (Lipinski definition) is 3. The van der Waals surface area contributed by atoms with Gasteiger partial charge >= 0.3 is 0 Å². The van der Waals surface area contributed by atoms with Crippen molar-refractivity contribution in [3.05, 3.63) is 80.7 Å². The predicted octanol–water partition coefficient (Wildman–Crippen LogP) is 4.48. The number of benzene rings is 2. The number of likely N-dealkylation sites (tertiary alicyclic amines) is 1. The van der Waals surface area contributed by atoms with E-state index >= 15 is 0 Å². The summed E-state index contributed by atoms with van der Waals surface area (Å²) in [6, 6.07) is 12.3. The Morgan fingerprint density at radius 1 is 0.969 bits per heavy atom. The van der Waals surface area contributed by atoms with Gasteiger partial charge in [-0.25, -0.2) is 4.98 Å². The fourth-order valence-corrected chi connectivity index (χ4v) is 10.8. The molecule has 4 aromatic rings. The van der Waals surface area contributed by atoms with Crippen LogP contribution in [0, 0.1) is 5.92 Å². The van der Waals surface area contributed by atoms with Crippen molar-refractivity contribution in [1.82, 2.24) is 35.0 Å². The Hall–Kier alpha value is -5.91. The van der Waals surface area contributed by atoms with Gasteiger partial charge in [-0.3, -0.25) is 43.9 Å². The molecule has 340 valence electrons. The molecule has 6 aliphatic rings. The summed E-state index contributed by atoms with van der Waals surface area (Å²) in [5, 5.41) is 9.21. The number of amides is 5. The molecule has 5 fully saturated rings. The molecule has 10 rings (SSSR count). The van der Waals surface area contributed by atoms with Crippen LogP contribution in [0.3, 0.4) is 0 Å². The van der Waals surface area contributed by atoms with Crippen LogP contribution < -0.4 is 31.1 Å². The SMILES string of the molecule is CNC(=O)COc1cc2cc(Nc3nc(N4CCC(O[C@H]5C[C@H](N6CCC7(c8ccc9c(c8)C(=O)N(C8CCC(=O)NC8=O)C9=O)CC7C6)C5)CC4)ncc3Cl)ccc2n(C(C)C)c1=O. The molecule has 0 radical (unpaired) electrons. The summed E-state index contributed by atoms with van der Waals surface area (Å²) >= 11 is 6.60. The van der Waals surface area contributed by atoms with Gasteiger partial charge in [-0.1, -0.05) is 17.7 Å². The van der Waals surface area contributed by atoms with Gasteiger partial charge in [-0.2, -0.15) is 4.98 Å². The number of pyridine rings is 1. The fourth-order valence-electron chi connectivity index (χ4n) is 10.6. The van der Waals surface area contributed by atoms with Crippen molar-refractivity contribution >= 4 is 69.5 Å². The molecule has 2 saturated carbocycles. The summed E-state index contributed by atoms with van der Waals surface area (Å²) in [7, 11) is 1.51. The quantitative estimate of drug-likeness (QED) is 0.169. The van der Waals surface area contributed by atoms with Crippen LogP contribution in [0.25, 0.3) is 10.9 Å². The maximum atomic E-state index is 13.5. The smallest absolute Gasteiger partial charge is 0.293 e. The Morgan fingerprint density at radius 2 is 1.75 bits per heavy atom. The number of fused-ring (bicyclic) bond motifs is 3. The minimum atomic E-state index is -0.968. The molecule has 3 atom stereocenters. The van der Waals surface area contributed by atoms with E-state index in [1.54, 1.807) is 22.9 Å². The average Bonchev–Trinajstić information content (AvgIpc) is 3.97. The zero-order valence-electron chi connectivity index (χ0n) is 36.6. The summed E-state index contributed by atoms with van der Waals surface area (Å²) < 4.78 is 13.9. The summed E-state index contributed by atoms with van der Waals surface area (Å²) in [5.41, 5.74) is 2.91. The zero-order valence-corrected chi connectivity index (χ0v) is 37.4. The molecule has 0 spiro atoms. The van der Waals surface area contributed by atoms with Gasteiger partial charge in [0.1, 0.15) is 11.1 Å². The number of hydrogen-bond acceptors (Lipinski definition) is 13. The predicted molar refractivity (Wildman–Crippen MR) is 241 cm³/mol. The summed E-state index contributed by atoms with van der Waals surface area (Å²) in [4.78, 5) is 91.2. The third-order valence-electron chi connectivity index (χ3n) is 14.4. The number of imide groups is 2. The monoisotopic (exact) mass is 905 g/mol. The maximum Gasteiger partial charge on any atom is 0.293 e. The second kappa shape index (κ2) is 16.8. The van der Waals surface area contributed by atoms with Crippen LogP contribution in [0.1, 0.15) is 97.5 Å². The molecule has 17 nitrogen and oxygen atoms in total. The molecule has 0 bridgehead atoms. The molecule has 2 aliphatic carbocycles. The number of rotatable bonds is 12. The minimum Gasteiger partial charge on any atom is -0.478 e. The van der Waals surface area contributed by atoms with Crippen molar-refractivity contribution in [3.63, 3.8) is 0 Å². The van der Waals surface area contributed by atoms with E-state index < -0.39 is 23.8 Å².